The molecule has 5 heteroatoms. The summed E-state index contributed by atoms with van der Waals surface area (Å²) in [6.07, 6.45) is 3.96. The van der Waals surface area contributed by atoms with Gasteiger partial charge in [0.15, 0.2) is 0 Å². The maximum atomic E-state index is 12.7. The minimum absolute atomic E-state index is 0.0684. The van der Waals surface area contributed by atoms with Crippen LogP contribution in [-0.4, -0.2) is 27.9 Å². The van der Waals surface area contributed by atoms with Crippen molar-refractivity contribution in [2.24, 2.45) is 0 Å². The first kappa shape index (κ1) is 15.4. The molecule has 1 aliphatic heterocycles. The molecule has 1 saturated carbocycles. The molecule has 1 N–H and O–H groups in total. The Hall–Kier alpha value is -2.14. The minimum atomic E-state index is -1.00. The number of urea groups is 1. The molecule has 4 rings (SSSR count). The lowest BCUT2D eigenvalue weighted by Crippen LogP contribution is -2.43. The molecule has 124 valence electrons. The molecule has 1 aliphatic carbocycles. The van der Waals surface area contributed by atoms with Crippen molar-refractivity contribution in [3.63, 3.8) is 0 Å². The Morgan fingerprint density at radius 2 is 1.83 bits per heavy atom. The Kier molecular flexibility index (Phi) is 3.68. The zero-order valence-electron chi connectivity index (χ0n) is 13.6. The highest BCUT2D eigenvalue weighted by Crippen LogP contribution is 2.52. The van der Waals surface area contributed by atoms with Gasteiger partial charge in [0.2, 0.25) is 0 Å². The van der Waals surface area contributed by atoms with E-state index >= 15 is 0 Å². The number of amides is 2. The first-order chi connectivity index (χ1) is 11.6. The van der Waals surface area contributed by atoms with Crippen molar-refractivity contribution in [2.75, 3.05) is 18.1 Å². The van der Waals surface area contributed by atoms with Gasteiger partial charge in [-0.05, 0) is 48.2 Å². The number of nitrogens with one attached hydrogen (secondary N) is 1. The summed E-state index contributed by atoms with van der Waals surface area (Å²) in [7, 11) is -1.00. The van der Waals surface area contributed by atoms with Crippen LogP contribution in [0.1, 0.15) is 24.0 Å². The largest absolute Gasteiger partial charge is 0.322 e. The summed E-state index contributed by atoms with van der Waals surface area (Å²) in [5.74, 6) is 0. The molecule has 2 aromatic rings. The van der Waals surface area contributed by atoms with Gasteiger partial charge in [-0.25, -0.2) is 4.79 Å². The molecular formula is C19H20N2O2S. The molecule has 0 bridgehead atoms. The second-order valence-corrected chi connectivity index (χ2v) is 8.08. The summed E-state index contributed by atoms with van der Waals surface area (Å²) < 4.78 is 11.4. The number of nitrogens with zero attached hydrogens (tertiary/aromatic N) is 1. The highest BCUT2D eigenvalue weighted by molar-refractivity contribution is 7.84. The number of rotatable bonds is 2. The Bertz CT molecular complexity index is 812. The van der Waals surface area contributed by atoms with Gasteiger partial charge in [0, 0.05) is 46.1 Å². The summed E-state index contributed by atoms with van der Waals surface area (Å²) in [4.78, 5) is 15.3. The topological polar surface area (TPSA) is 49.4 Å². The first-order valence-corrected chi connectivity index (χ1v) is 9.71. The van der Waals surface area contributed by atoms with E-state index in [4.69, 9.17) is 0 Å². The summed E-state index contributed by atoms with van der Waals surface area (Å²) in [5, 5.41) is 2.96. The SMILES string of the molecule is CS(=O)c1ccc(NC(=O)N2Cc3ccccc3C3(CC3)C2)cc1. The fraction of sp³-hybridized carbons (Fsp3) is 0.316. The predicted molar refractivity (Wildman–Crippen MR) is 95.6 cm³/mol. The van der Waals surface area contributed by atoms with Crippen LogP contribution in [0.5, 0.6) is 0 Å². The number of carbonyl (C=O) groups excluding carboxylic acids is 1. The van der Waals surface area contributed by atoms with E-state index in [1.807, 2.05) is 11.0 Å². The third-order valence-corrected chi connectivity index (χ3v) is 5.96. The smallest absolute Gasteiger partial charge is 0.319 e. The van der Waals surface area contributed by atoms with E-state index in [0.717, 1.165) is 30.0 Å². The summed E-state index contributed by atoms with van der Waals surface area (Å²) in [6, 6.07) is 15.6. The molecule has 1 spiro atoms. The van der Waals surface area contributed by atoms with Crippen molar-refractivity contribution < 1.29 is 9.00 Å². The van der Waals surface area contributed by atoms with Crippen molar-refractivity contribution in [3.05, 3.63) is 59.7 Å². The maximum absolute atomic E-state index is 12.7. The van der Waals surface area contributed by atoms with E-state index in [-0.39, 0.29) is 11.4 Å². The molecule has 2 aliphatic rings. The van der Waals surface area contributed by atoms with Crippen LogP contribution in [-0.2, 0) is 22.8 Å². The van der Waals surface area contributed by atoms with Crippen LogP contribution in [0.2, 0.25) is 0 Å². The molecule has 0 radical (unpaired) electrons. The lowest BCUT2D eigenvalue weighted by molar-refractivity contribution is 0.197. The van der Waals surface area contributed by atoms with Gasteiger partial charge < -0.3 is 10.2 Å². The molecule has 0 saturated heterocycles. The van der Waals surface area contributed by atoms with Gasteiger partial charge in [-0.3, -0.25) is 4.21 Å². The number of fused-ring (bicyclic) bond motifs is 2. The van der Waals surface area contributed by atoms with Gasteiger partial charge in [0.25, 0.3) is 0 Å². The molecular weight excluding hydrogens is 320 g/mol. The van der Waals surface area contributed by atoms with Crippen LogP contribution in [0.15, 0.2) is 53.4 Å². The Balaban J connectivity index is 1.51. The van der Waals surface area contributed by atoms with Gasteiger partial charge in [-0.15, -0.1) is 0 Å². The zero-order valence-corrected chi connectivity index (χ0v) is 14.4. The third kappa shape index (κ3) is 2.73. The standard InChI is InChI=1S/C19H20N2O2S/c1-24(23)16-8-6-15(7-9-16)20-18(22)21-12-14-4-2-3-5-17(14)19(13-21)10-11-19/h2-9H,10-13H2,1H3,(H,20,22). The van der Waals surface area contributed by atoms with Gasteiger partial charge in [-0.2, -0.15) is 0 Å². The second-order valence-electron chi connectivity index (χ2n) is 6.70. The van der Waals surface area contributed by atoms with Gasteiger partial charge in [0.1, 0.15) is 0 Å². The monoisotopic (exact) mass is 340 g/mol. The molecule has 2 aromatic carbocycles. The number of hydrogen-bond donors (Lipinski definition) is 1. The van der Waals surface area contributed by atoms with Crippen LogP contribution >= 0.6 is 0 Å². The molecule has 2 amide bonds. The summed E-state index contributed by atoms with van der Waals surface area (Å²) in [6.45, 7) is 1.44. The Labute approximate surface area is 144 Å². The highest BCUT2D eigenvalue weighted by atomic mass is 32.2. The number of anilines is 1. The molecule has 0 aromatic heterocycles. The summed E-state index contributed by atoms with van der Waals surface area (Å²) in [5.41, 5.74) is 3.59. The van der Waals surface area contributed by atoms with E-state index in [2.05, 4.69) is 23.5 Å². The molecule has 4 nitrogen and oxygen atoms in total. The third-order valence-electron chi connectivity index (χ3n) is 5.02. The molecule has 1 heterocycles. The second kappa shape index (κ2) is 5.74. The molecule has 1 unspecified atom stereocenters. The van der Waals surface area contributed by atoms with Crippen molar-refractivity contribution in [2.45, 2.75) is 29.7 Å². The number of carbonyl (C=O) groups is 1. The number of benzene rings is 2. The van der Waals surface area contributed by atoms with Crippen molar-refractivity contribution >= 4 is 22.5 Å². The molecule has 1 atom stereocenters. The van der Waals surface area contributed by atoms with E-state index in [1.54, 1.807) is 30.5 Å². The lowest BCUT2D eigenvalue weighted by atomic mass is 9.87. The van der Waals surface area contributed by atoms with E-state index in [1.165, 1.54) is 11.1 Å². The lowest BCUT2D eigenvalue weighted by Gasteiger charge is -2.35. The average Bonchev–Trinajstić information content (AvgIpc) is 3.35. The van der Waals surface area contributed by atoms with Crippen LogP contribution < -0.4 is 5.32 Å². The van der Waals surface area contributed by atoms with Crippen LogP contribution in [0.3, 0.4) is 0 Å². The van der Waals surface area contributed by atoms with Crippen molar-refractivity contribution in [1.29, 1.82) is 0 Å². The van der Waals surface area contributed by atoms with Crippen LogP contribution in [0, 0.1) is 0 Å². The van der Waals surface area contributed by atoms with E-state index in [9.17, 15) is 9.00 Å². The molecule has 1 fully saturated rings. The van der Waals surface area contributed by atoms with E-state index < -0.39 is 10.8 Å². The Morgan fingerprint density at radius 1 is 1.12 bits per heavy atom. The summed E-state index contributed by atoms with van der Waals surface area (Å²) >= 11 is 0. The predicted octanol–water partition coefficient (Wildman–Crippen LogP) is 3.50. The fourth-order valence-electron chi connectivity index (χ4n) is 3.54. The van der Waals surface area contributed by atoms with Crippen molar-refractivity contribution in [3.8, 4) is 0 Å². The zero-order chi connectivity index (χ0) is 16.7. The first-order valence-electron chi connectivity index (χ1n) is 8.15. The van der Waals surface area contributed by atoms with Crippen LogP contribution in [0.4, 0.5) is 10.5 Å². The average molecular weight is 340 g/mol. The Morgan fingerprint density at radius 3 is 2.50 bits per heavy atom. The maximum Gasteiger partial charge on any atom is 0.322 e. The van der Waals surface area contributed by atoms with Gasteiger partial charge in [0.05, 0.1) is 0 Å². The fourth-order valence-corrected chi connectivity index (χ4v) is 4.06. The molecule has 24 heavy (non-hydrogen) atoms. The van der Waals surface area contributed by atoms with Crippen LogP contribution in [0.25, 0.3) is 0 Å². The minimum Gasteiger partial charge on any atom is -0.319 e. The number of hydrogen-bond acceptors (Lipinski definition) is 2. The van der Waals surface area contributed by atoms with Gasteiger partial charge >= 0.3 is 6.03 Å². The van der Waals surface area contributed by atoms with Gasteiger partial charge in [-0.1, -0.05) is 24.3 Å². The highest BCUT2D eigenvalue weighted by Gasteiger charge is 2.49. The quantitative estimate of drug-likeness (QED) is 0.909. The normalized spacial score (nSPS) is 18.8. The van der Waals surface area contributed by atoms with Crippen molar-refractivity contribution in [1.82, 2.24) is 4.90 Å². The van der Waals surface area contributed by atoms with E-state index in [0.29, 0.717) is 6.54 Å².